The largest absolute Gasteiger partial charge is 0.380 e. The van der Waals surface area contributed by atoms with Gasteiger partial charge in [0, 0.05) is 22.8 Å². The first-order valence-corrected chi connectivity index (χ1v) is 6.89. The van der Waals surface area contributed by atoms with Gasteiger partial charge in [-0.25, -0.2) is 4.79 Å². The molecule has 0 spiro atoms. The van der Waals surface area contributed by atoms with E-state index < -0.39 is 6.03 Å². The summed E-state index contributed by atoms with van der Waals surface area (Å²) in [6, 6.07) is 10.9. The minimum absolute atomic E-state index is 0.556. The van der Waals surface area contributed by atoms with Gasteiger partial charge in [0.15, 0.2) is 0 Å². The van der Waals surface area contributed by atoms with Crippen molar-refractivity contribution in [1.29, 1.82) is 0 Å². The van der Waals surface area contributed by atoms with Crippen molar-refractivity contribution in [2.45, 2.75) is 6.54 Å². The monoisotopic (exact) mass is 325 g/mol. The number of benzene rings is 1. The highest BCUT2D eigenvalue weighted by Gasteiger charge is 1.99. The molecule has 0 aliphatic rings. The molecule has 0 aliphatic carbocycles. The zero-order chi connectivity index (χ0) is 13.0. The lowest BCUT2D eigenvalue weighted by Gasteiger charge is -2.06. The van der Waals surface area contributed by atoms with Crippen molar-refractivity contribution in [3.63, 3.8) is 0 Å². The molecule has 4 nitrogen and oxygen atoms in total. The van der Waals surface area contributed by atoms with E-state index in [1.807, 2.05) is 18.2 Å². The van der Waals surface area contributed by atoms with Gasteiger partial charge in [0.1, 0.15) is 0 Å². The fourth-order valence-corrected chi connectivity index (χ4v) is 2.87. The molecular formula is C12H12BrN3OS. The predicted octanol–water partition coefficient (Wildman–Crippen LogP) is 3.61. The van der Waals surface area contributed by atoms with E-state index in [2.05, 4.69) is 32.6 Å². The number of thiophene rings is 1. The van der Waals surface area contributed by atoms with Crippen molar-refractivity contribution in [3.05, 3.63) is 45.1 Å². The normalized spacial score (nSPS) is 10.1. The van der Waals surface area contributed by atoms with Gasteiger partial charge >= 0.3 is 6.03 Å². The Kier molecular flexibility index (Phi) is 4.22. The Balaban J connectivity index is 1.92. The minimum Gasteiger partial charge on any atom is -0.380 e. The summed E-state index contributed by atoms with van der Waals surface area (Å²) in [4.78, 5) is 11.9. The molecule has 0 atom stereocenters. The number of hydrogen-bond acceptors (Lipinski definition) is 3. The first kappa shape index (κ1) is 12.9. The number of rotatable bonds is 4. The fourth-order valence-electron chi connectivity index (χ4n) is 1.45. The molecule has 0 fully saturated rings. The van der Waals surface area contributed by atoms with Crippen LogP contribution in [0, 0.1) is 0 Å². The van der Waals surface area contributed by atoms with Crippen LogP contribution in [0.15, 0.2) is 40.2 Å². The Morgan fingerprint density at radius 2 is 1.83 bits per heavy atom. The van der Waals surface area contributed by atoms with Crippen LogP contribution in [0.5, 0.6) is 0 Å². The Morgan fingerprint density at radius 3 is 2.39 bits per heavy atom. The van der Waals surface area contributed by atoms with Crippen molar-refractivity contribution in [2.75, 3.05) is 10.6 Å². The van der Waals surface area contributed by atoms with Gasteiger partial charge in [-0.2, -0.15) is 0 Å². The molecule has 18 heavy (non-hydrogen) atoms. The van der Waals surface area contributed by atoms with E-state index >= 15 is 0 Å². The summed E-state index contributed by atoms with van der Waals surface area (Å²) in [7, 11) is 0. The summed E-state index contributed by atoms with van der Waals surface area (Å²) in [6.07, 6.45) is 0. The van der Waals surface area contributed by atoms with E-state index in [0.29, 0.717) is 5.69 Å². The van der Waals surface area contributed by atoms with Gasteiger partial charge in [-0.3, -0.25) is 0 Å². The van der Waals surface area contributed by atoms with Gasteiger partial charge in [-0.1, -0.05) is 0 Å². The second-order valence-electron chi connectivity index (χ2n) is 3.63. The van der Waals surface area contributed by atoms with Gasteiger partial charge < -0.3 is 16.4 Å². The van der Waals surface area contributed by atoms with Crippen LogP contribution in [0.1, 0.15) is 4.88 Å². The van der Waals surface area contributed by atoms with Gasteiger partial charge in [-0.15, -0.1) is 11.3 Å². The molecule has 2 aromatic rings. The molecule has 94 valence electrons. The lowest BCUT2D eigenvalue weighted by atomic mass is 10.3. The summed E-state index contributed by atoms with van der Waals surface area (Å²) in [6.45, 7) is 0.777. The molecule has 0 saturated heterocycles. The summed E-state index contributed by atoms with van der Waals surface area (Å²) in [5.41, 5.74) is 6.71. The maximum absolute atomic E-state index is 10.7. The number of nitrogens with one attached hydrogen (secondary N) is 2. The molecule has 4 N–H and O–H groups in total. The number of nitrogens with two attached hydrogens (primary N) is 1. The van der Waals surface area contributed by atoms with E-state index in [1.54, 1.807) is 23.5 Å². The summed E-state index contributed by atoms with van der Waals surface area (Å²) in [5, 5.41) is 5.82. The second kappa shape index (κ2) is 5.88. The molecule has 2 rings (SSSR count). The van der Waals surface area contributed by atoms with E-state index in [-0.39, 0.29) is 0 Å². The Morgan fingerprint density at radius 1 is 1.17 bits per heavy atom. The lowest BCUT2D eigenvalue weighted by Crippen LogP contribution is -2.19. The number of carbonyl (C=O) groups excluding carboxylic acids is 1. The van der Waals surface area contributed by atoms with Gasteiger partial charge in [0.25, 0.3) is 0 Å². The second-order valence-corrected chi connectivity index (χ2v) is 6.17. The molecule has 0 aliphatic heterocycles. The SMILES string of the molecule is NC(=O)Nc1ccc(NCc2ccc(Br)s2)cc1. The fraction of sp³-hybridized carbons (Fsp3) is 0.0833. The molecule has 1 heterocycles. The van der Waals surface area contributed by atoms with Crippen molar-refractivity contribution in [1.82, 2.24) is 0 Å². The maximum atomic E-state index is 10.7. The van der Waals surface area contributed by atoms with E-state index in [9.17, 15) is 4.79 Å². The molecular weight excluding hydrogens is 314 g/mol. The first-order chi connectivity index (χ1) is 8.63. The molecule has 1 aromatic carbocycles. The van der Waals surface area contributed by atoms with E-state index in [0.717, 1.165) is 16.0 Å². The zero-order valence-corrected chi connectivity index (χ0v) is 11.8. The van der Waals surface area contributed by atoms with E-state index in [1.165, 1.54) is 4.88 Å². The van der Waals surface area contributed by atoms with Crippen LogP contribution in [-0.4, -0.2) is 6.03 Å². The van der Waals surface area contributed by atoms with Crippen LogP contribution in [-0.2, 0) is 6.54 Å². The Labute approximate surface area is 117 Å². The van der Waals surface area contributed by atoms with Crippen LogP contribution in [0.25, 0.3) is 0 Å². The third-order valence-corrected chi connectivity index (χ3v) is 3.87. The summed E-state index contributed by atoms with van der Waals surface area (Å²) >= 11 is 5.13. The molecule has 0 unspecified atom stereocenters. The maximum Gasteiger partial charge on any atom is 0.316 e. The number of hydrogen-bond donors (Lipinski definition) is 3. The minimum atomic E-state index is -0.556. The highest BCUT2D eigenvalue weighted by Crippen LogP contribution is 2.23. The molecule has 0 radical (unpaired) electrons. The molecule has 0 bridgehead atoms. The van der Waals surface area contributed by atoms with Crippen molar-refractivity contribution >= 4 is 44.7 Å². The van der Waals surface area contributed by atoms with Crippen LogP contribution in [0.3, 0.4) is 0 Å². The number of carbonyl (C=O) groups is 1. The van der Waals surface area contributed by atoms with Crippen molar-refractivity contribution in [2.24, 2.45) is 5.73 Å². The van der Waals surface area contributed by atoms with Gasteiger partial charge in [-0.05, 0) is 52.3 Å². The number of amides is 2. The topological polar surface area (TPSA) is 67.2 Å². The van der Waals surface area contributed by atoms with Crippen LogP contribution in [0.4, 0.5) is 16.2 Å². The molecule has 2 amide bonds. The molecule has 6 heteroatoms. The number of urea groups is 1. The lowest BCUT2D eigenvalue weighted by molar-refractivity contribution is 0.259. The standard InChI is InChI=1S/C12H12BrN3OS/c13-11-6-5-10(18-11)7-15-8-1-3-9(4-2-8)16-12(14)17/h1-6,15H,7H2,(H3,14,16,17). The Hall–Kier alpha value is -1.53. The predicted molar refractivity (Wildman–Crippen MR) is 79.0 cm³/mol. The average Bonchev–Trinajstić information content (AvgIpc) is 2.74. The number of halogens is 1. The quantitative estimate of drug-likeness (QED) is 0.803. The first-order valence-electron chi connectivity index (χ1n) is 5.28. The molecule has 0 saturated carbocycles. The van der Waals surface area contributed by atoms with Crippen LogP contribution in [0.2, 0.25) is 0 Å². The van der Waals surface area contributed by atoms with Crippen molar-refractivity contribution in [3.8, 4) is 0 Å². The third kappa shape index (κ3) is 3.75. The van der Waals surface area contributed by atoms with Crippen molar-refractivity contribution < 1.29 is 4.79 Å². The number of primary amides is 1. The zero-order valence-electron chi connectivity index (χ0n) is 9.44. The van der Waals surface area contributed by atoms with Gasteiger partial charge in [0.05, 0.1) is 3.79 Å². The van der Waals surface area contributed by atoms with Crippen LogP contribution < -0.4 is 16.4 Å². The van der Waals surface area contributed by atoms with Crippen LogP contribution >= 0.6 is 27.3 Å². The third-order valence-electron chi connectivity index (χ3n) is 2.25. The molecule has 1 aromatic heterocycles. The Bertz CT molecular complexity index is 539. The highest BCUT2D eigenvalue weighted by molar-refractivity contribution is 9.11. The van der Waals surface area contributed by atoms with E-state index in [4.69, 9.17) is 5.73 Å². The average molecular weight is 326 g/mol. The summed E-state index contributed by atoms with van der Waals surface area (Å²) in [5.74, 6) is 0. The van der Waals surface area contributed by atoms with Gasteiger partial charge in [0.2, 0.25) is 0 Å². The smallest absolute Gasteiger partial charge is 0.316 e. The summed E-state index contributed by atoms with van der Waals surface area (Å²) < 4.78 is 1.13. The number of anilines is 2. The highest BCUT2D eigenvalue weighted by atomic mass is 79.9.